The summed E-state index contributed by atoms with van der Waals surface area (Å²) in [6, 6.07) is 9.40. The van der Waals surface area contributed by atoms with Gasteiger partial charge in [0.2, 0.25) is 27.7 Å². The maximum Gasteiger partial charge on any atom is 0.259 e. The zero-order chi connectivity index (χ0) is 37.7. The molecule has 1 aromatic carbocycles. The van der Waals surface area contributed by atoms with Crippen LogP contribution in [0.5, 0.6) is 11.6 Å². The summed E-state index contributed by atoms with van der Waals surface area (Å²) in [7, 11) is -2.26. The number of sulfonamides is 1. The molecule has 0 bridgehead atoms. The number of benzene rings is 1. The van der Waals surface area contributed by atoms with E-state index in [1.165, 1.54) is 4.90 Å². The summed E-state index contributed by atoms with van der Waals surface area (Å²) in [5.74, 6) is -0.328. The van der Waals surface area contributed by atoms with Gasteiger partial charge in [-0.3, -0.25) is 19.1 Å². The van der Waals surface area contributed by atoms with E-state index in [2.05, 4.69) is 25.3 Å². The Hall–Kier alpha value is -4.46. The predicted molar refractivity (Wildman–Crippen MR) is 197 cm³/mol. The first-order chi connectivity index (χ1) is 24.4. The highest BCUT2D eigenvalue weighted by atomic mass is 32.2. The number of rotatable bonds is 12. The van der Waals surface area contributed by atoms with E-state index in [1.807, 2.05) is 84.9 Å². The van der Waals surface area contributed by atoms with Crippen molar-refractivity contribution in [3.8, 4) is 11.6 Å². The van der Waals surface area contributed by atoms with Crippen LogP contribution in [0.4, 0.5) is 5.82 Å². The molecule has 3 fully saturated rings. The minimum absolute atomic E-state index is 0.0112. The average molecular weight is 735 g/mol. The highest BCUT2D eigenvalue weighted by Crippen LogP contribution is 2.49. The number of carbonyl (C=O) groups is 3. The minimum Gasteiger partial charge on any atom is -0.497 e. The maximum atomic E-state index is 14.7. The van der Waals surface area contributed by atoms with E-state index in [0.29, 0.717) is 30.3 Å². The van der Waals surface area contributed by atoms with Gasteiger partial charge in [-0.2, -0.15) is 0 Å². The molecule has 52 heavy (non-hydrogen) atoms. The van der Waals surface area contributed by atoms with Crippen molar-refractivity contribution in [1.82, 2.24) is 24.9 Å². The number of methoxy groups -OCH3 is 1. The van der Waals surface area contributed by atoms with Gasteiger partial charge in [0.15, 0.2) is 0 Å². The fourth-order valence-electron chi connectivity index (χ4n) is 7.30. The lowest BCUT2D eigenvalue weighted by molar-refractivity contribution is -0.141. The standard InChI is InChI=1S/C38H50N6O7S/c1-21(2)29-19-38(29,36(47)43-52(48,49)27-10-11-27)42-33(45)30-18-26(51-34-28-12-9-25(50-8)17-24(28)13-14-39-34)20-44(30)35(46)32(37(5,6)7)41-31-16-22(3)15-23(4)40-31/h9,12-17,21,26-27,29-30,32H,10-11,18-20H2,1-8H3,(H,40,41)(H,42,45)(H,43,47)/t26-,29+,30+,32?,38-/m1/s1. The topological polar surface area (TPSA) is 169 Å². The monoisotopic (exact) mass is 734 g/mol. The molecule has 13 nitrogen and oxygen atoms in total. The van der Waals surface area contributed by atoms with Crippen molar-refractivity contribution in [3.05, 3.63) is 53.9 Å². The first kappa shape index (κ1) is 37.3. The summed E-state index contributed by atoms with van der Waals surface area (Å²) in [5, 5.41) is 7.30. The molecule has 2 aliphatic carbocycles. The van der Waals surface area contributed by atoms with Gasteiger partial charge in [-0.25, -0.2) is 18.4 Å². The third-order valence-corrected chi connectivity index (χ3v) is 12.2. The second kappa shape index (κ2) is 13.8. The first-order valence-corrected chi connectivity index (χ1v) is 19.5. The lowest BCUT2D eigenvalue weighted by Crippen LogP contribution is -2.59. The van der Waals surface area contributed by atoms with Crippen molar-refractivity contribution in [2.45, 2.75) is 103 Å². The molecule has 3 aliphatic rings. The smallest absolute Gasteiger partial charge is 0.259 e. The lowest BCUT2D eigenvalue weighted by Gasteiger charge is -2.36. The zero-order valence-electron chi connectivity index (χ0n) is 31.1. The van der Waals surface area contributed by atoms with E-state index < -0.39 is 56.2 Å². The average Bonchev–Trinajstić information content (AvgIpc) is 3.99. The van der Waals surface area contributed by atoms with Crippen molar-refractivity contribution < 1.29 is 32.3 Å². The number of likely N-dealkylation sites (tertiary alicyclic amines) is 1. The normalized spacial score (nSPS) is 23.6. The fourth-order valence-corrected chi connectivity index (χ4v) is 8.66. The van der Waals surface area contributed by atoms with Gasteiger partial charge in [-0.05, 0) is 97.7 Å². The van der Waals surface area contributed by atoms with Crippen LogP contribution in [-0.4, -0.2) is 83.6 Å². The summed E-state index contributed by atoms with van der Waals surface area (Å²) < 4.78 is 39.7. The second-order valence-corrected chi connectivity index (χ2v) is 18.0. The molecule has 14 heteroatoms. The van der Waals surface area contributed by atoms with Gasteiger partial charge in [0.05, 0.1) is 18.9 Å². The van der Waals surface area contributed by atoms with E-state index >= 15 is 0 Å². The number of fused-ring (bicyclic) bond motifs is 1. The van der Waals surface area contributed by atoms with Crippen molar-refractivity contribution in [2.24, 2.45) is 17.3 Å². The van der Waals surface area contributed by atoms with Gasteiger partial charge in [-0.15, -0.1) is 0 Å². The first-order valence-electron chi connectivity index (χ1n) is 17.9. The molecule has 3 aromatic rings. The van der Waals surface area contributed by atoms with Crippen LogP contribution in [0.15, 0.2) is 42.6 Å². The summed E-state index contributed by atoms with van der Waals surface area (Å²) in [5.41, 5.74) is -0.240. The van der Waals surface area contributed by atoms with Crippen LogP contribution in [0.2, 0.25) is 0 Å². The number of aryl methyl sites for hydroxylation is 2. The van der Waals surface area contributed by atoms with Crippen LogP contribution in [0.3, 0.4) is 0 Å². The van der Waals surface area contributed by atoms with Gasteiger partial charge in [0, 0.05) is 23.7 Å². The van der Waals surface area contributed by atoms with Gasteiger partial charge in [0.1, 0.15) is 35.3 Å². The fraction of sp³-hybridized carbons (Fsp3) is 0.553. The number of pyridine rings is 2. The Labute approximate surface area is 305 Å². The van der Waals surface area contributed by atoms with Crippen molar-refractivity contribution >= 4 is 44.3 Å². The third kappa shape index (κ3) is 7.67. The largest absolute Gasteiger partial charge is 0.497 e. The van der Waals surface area contributed by atoms with E-state index in [9.17, 15) is 22.8 Å². The SMILES string of the molecule is COc1ccc2c(O[C@@H]3C[C@@H](C(=O)N[C@]4(C(=O)NS(=O)(=O)C5CC5)C[C@H]4C(C)C)N(C(=O)C(Nc4cc(C)cc(C)n4)C(C)(C)C)C3)nccc2c1. The lowest BCUT2D eigenvalue weighted by atomic mass is 9.85. The van der Waals surface area contributed by atoms with E-state index in [0.717, 1.165) is 22.0 Å². The Kier molecular flexibility index (Phi) is 9.92. The number of ether oxygens (including phenoxy) is 2. The number of nitrogens with zero attached hydrogens (tertiary/aromatic N) is 3. The van der Waals surface area contributed by atoms with Gasteiger partial charge in [-0.1, -0.05) is 34.6 Å². The van der Waals surface area contributed by atoms with E-state index in [-0.39, 0.29) is 37.1 Å². The molecule has 280 valence electrons. The van der Waals surface area contributed by atoms with Crippen LogP contribution in [-0.2, 0) is 24.4 Å². The maximum absolute atomic E-state index is 14.7. The highest BCUT2D eigenvalue weighted by Gasteiger charge is 2.64. The van der Waals surface area contributed by atoms with Crippen LogP contribution in [0.25, 0.3) is 10.8 Å². The molecule has 2 saturated carbocycles. The van der Waals surface area contributed by atoms with Gasteiger partial charge in [0.25, 0.3) is 5.91 Å². The zero-order valence-corrected chi connectivity index (χ0v) is 32.0. The molecule has 3 N–H and O–H groups in total. The molecule has 1 aliphatic heterocycles. The number of carbonyl (C=O) groups excluding carboxylic acids is 3. The predicted octanol–water partition coefficient (Wildman–Crippen LogP) is 4.27. The Morgan fingerprint density at radius 1 is 1.06 bits per heavy atom. The molecular formula is C38H50N6O7S. The van der Waals surface area contributed by atoms with Crippen molar-refractivity contribution in [2.75, 3.05) is 19.0 Å². The summed E-state index contributed by atoms with van der Waals surface area (Å²) in [6.07, 6.45) is 2.41. The summed E-state index contributed by atoms with van der Waals surface area (Å²) >= 11 is 0. The molecular weight excluding hydrogens is 685 g/mol. The number of nitrogens with one attached hydrogen (secondary N) is 3. The summed E-state index contributed by atoms with van der Waals surface area (Å²) in [6.45, 7) is 13.6. The van der Waals surface area contributed by atoms with Gasteiger partial charge >= 0.3 is 0 Å². The molecule has 3 heterocycles. The van der Waals surface area contributed by atoms with E-state index in [4.69, 9.17) is 9.47 Å². The number of hydrogen-bond donors (Lipinski definition) is 3. The van der Waals surface area contributed by atoms with Crippen molar-refractivity contribution in [3.63, 3.8) is 0 Å². The van der Waals surface area contributed by atoms with E-state index in [1.54, 1.807) is 13.3 Å². The van der Waals surface area contributed by atoms with Crippen LogP contribution >= 0.6 is 0 Å². The number of anilines is 1. The Morgan fingerprint density at radius 3 is 2.40 bits per heavy atom. The highest BCUT2D eigenvalue weighted by molar-refractivity contribution is 7.91. The molecule has 1 saturated heterocycles. The minimum atomic E-state index is -3.85. The number of aromatic nitrogens is 2. The Balaban J connectivity index is 1.32. The van der Waals surface area contributed by atoms with Crippen molar-refractivity contribution in [1.29, 1.82) is 0 Å². The van der Waals surface area contributed by atoms with Crippen LogP contribution in [0.1, 0.15) is 71.6 Å². The summed E-state index contributed by atoms with van der Waals surface area (Å²) in [4.78, 5) is 53.5. The molecule has 6 rings (SSSR count). The van der Waals surface area contributed by atoms with Crippen LogP contribution in [0, 0.1) is 31.1 Å². The molecule has 1 unspecified atom stereocenters. The Morgan fingerprint density at radius 2 is 1.79 bits per heavy atom. The molecule has 3 amide bonds. The molecule has 5 atom stereocenters. The molecule has 0 spiro atoms. The number of hydrogen-bond acceptors (Lipinski definition) is 10. The number of amides is 3. The van der Waals surface area contributed by atoms with Crippen LogP contribution < -0.4 is 24.8 Å². The van der Waals surface area contributed by atoms with Gasteiger partial charge < -0.3 is 25.0 Å². The third-order valence-electron chi connectivity index (χ3n) is 10.3. The Bertz CT molecular complexity index is 1970. The quantitative estimate of drug-likeness (QED) is 0.244. The molecule has 2 aromatic heterocycles. The second-order valence-electron chi connectivity index (χ2n) is 16.0. The molecule has 0 radical (unpaired) electrons.